The maximum absolute atomic E-state index is 10.8. The minimum atomic E-state index is -0.863. The summed E-state index contributed by atoms with van der Waals surface area (Å²) in [4.78, 5) is 12.3. The zero-order valence-electron chi connectivity index (χ0n) is 8.36. The predicted octanol–water partition coefficient (Wildman–Crippen LogP) is 0.425. The number of rotatable bonds is 6. The first kappa shape index (κ1) is 12.3. The topological polar surface area (TPSA) is 57.6 Å². The van der Waals surface area contributed by atoms with Crippen molar-refractivity contribution < 1.29 is 14.6 Å². The van der Waals surface area contributed by atoms with Crippen molar-refractivity contribution in [1.82, 2.24) is 4.90 Å². The third-order valence-corrected chi connectivity index (χ3v) is 1.87. The van der Waals surface area contributed by atoms with Crippen molar-refractivity contribution >= 4 is 13.1 Å². The zero-order chi connectivity index (χ0) is 10.4. The molecule has 0 aromatic carbocycles. The Balaban J connectivity index is 4.22. The van der Waals surface area contributed by atoms with Gasteiger partial charge in [0.15, 0.2) is 0 Å². The molecule has 0 saturated heterocycles. The molecule has 0 fully saturated rings. The van der Waals surface area contributed by atoms with E-state index in [1.807, 2.05) is 13.8 Å². The van der Waals surface area contributed by atoms with Gasteiger partial charge in [0.2, 0.25) is 0 Å². The molecule has 4 nitrogen and oxygen atoms in total. The van der Waals surface area contributed by atoms with Gasteiger partial charge in [-0.1, -0.05) is 0 Å². The Morgan fingerprint density at radius 2 is 2.08 bits per heavy atom. The van der Waals surface area contributed by atoms with Crippen LogP contribution in [0.5, 0.6) is 0 Å². The molecule has 13 heavy (non-hydrogen) atoms. The van der Waals surface area contributed by atoms with Crippen LogP contribution in [0.2, 0.25) is 0 Å². The van der Waals surface area contributed by atoms with E-state index in [1.165, 1.54) is 0 Å². The number of hydrogen-bond acceptors (Lipinski definition) is 3. The van der Waals surface area contributed by atoms with Crippen LogP contribution >= 0.6 is 0 Å². The van der Waals surface area contributed by atoms with E-state index in [0.717, 1.165) is 7.15 Å². The van der Waals surface area contributed by atoms with Crippen molar-refractivity contribution in [3.63, 3.8) is 0 Å². The Morgan fingerprint density at radius 1 is 1.54 bits per heavy atom. The maximum atomic E-state index is 10.8. The molecule has 0 aromatic rings. The monoisotopic (exact) mass is 185 g/mol. The first-order valence-electron chi connectivity index (χ1n) is 4.35. The molecule has 0 aliphatic rings. The van der Waals surface area contributed by atoms with Gasteiger partial charge in [-0.05, 0) is 0 Å². The second-order valence-corrected chi connectivity index (χ2v) is 3.59. The molecule has 0 amide bonds. The van der Waals surface area contributed by atoms with Gasteiger partial charge in [0, 0.05) is 0 Å². The van der Waals surface area contributed by atoms with Crippen LogP contribution in [0.3, 0.4) is 0 Å². The van der Waals surface area contributed by atoms with Gasteiger partial charge in [0.05, 0.1) is 0 Å². The summed E-state index contributed by atoms with van der Waals surface area (Å²) in [5.74, 6) is -0.548. The number of carbonyl (C=O) groups is 1. The molecule has 0 aliphatic heterocycles. The van der Waals surface area contributed by atoms with E-state index < -0.39 is 12.0 Å². The minimum absolute atomic E-state index is 0.170. The van der Waals surface area contributed by atoms with Crippen molar-refractivity contribution in [2.75, 3.05) is 13.5 Å². The molecule has 5 heteroatoms. The van der Waals surface area contributed by atoms with E-state index in [-0.39, 0.29) is 6.44 Å². The number of carboxylic acid groups (broad SMARTS) is 1. The third-order valence-electron chi connectivity index (χ3n) is 1.87. The molecule has 0 radical (unpaired) electrons. The Labute approximate surface area is 79.2 Å². The molecule has 0 heterocycles. The van der Waals surface area contributed by atoms with Crippen LogP contribution in [0.1, 0.15) is 20.3 Å². The first-order valence-corrected chi connectivity index (χ1v) is 4.35. The summed E-state index contributed by atoms with van der Waals surface area (Å²) in [6, 6.07) is -0.551. The Bertz CT molecular complexity index is 184. The average Bonchev–Trinajstić information content (AvgIpc) is 1.99. The molecule has 0 unspecified atom stereocenters. The van der Waals surface area contributed by atoms with Gasteiger partial charge in [-0.15, -0.1) is 0 Å². The Kier molecular flexibility index (Phi) is 5.54. The van der Waals surface area contributed by atoms with Crippen LogP contribution in [0.4, 0.5) is 0 Å². The van der Waals surface area contributed by atoms with E-state index in [9.17, 15) is 9.50 Å². The molecular weight excluding hydrogens is 169 g/mol. The van der Waals surface area contributed by atoms with Crippen molar-refractivity contribution in [3.8, 4) is 0 Å². The summed E-state index contributed by atoms with van der Waals surface area (Å²) >= 11 is 0. The van der Waals surface area contributed by atoms with Crippen LogP contribution in [0.15, 0.2) is 0 Å². The molecule has 0 aliphatic carbocycles. The van der Waals surface area contributed by atoms with E-state index in [1.54, 1.807) is 11.9 Å². The number of hydrogen-bond donors (Lipinski definition) is 1. The number of nitrogens with zero attached hydrogens (tertiary/aromatic N) is 1. The zero-order valence-corrected chi connectivity index (χ0v) is 8.36. The fourth-order valence-corrected chi connectivity index (χ4v) is 1.16. The summed E-state index contributed by atoms with van der Waals surface area (Å²) in [5.41, 5.74) is 0. The van der Waals surface area contributed by atoms with Crippen molar-refractivity contribution in [1.29, 1.82) is 0 Å². The third kappa shape index (κ3) is 4.78. The number of aliphatic carboxylic acids is 1. The molecule has 0 aromatic heterocycles. The fourth-order valence-electron chi connectivity index (χ4n) is 1.16. The summed E-state index contributed by atoms with van der Waals surface area (Å²) in [5, 5.41) is 8.86. The summed E-state index contributed by atoms with van der Waals surface area (Å²) in [7, 11) is 2.37. The van der Waals surface area contributed by atoms with Gasteiger partial charge in [-0.25, -0.2) is 0 Å². The molecule has 1 atom stereocenters. The van der Waals surface area contributed by atoms with Gasteiger partial charge in [-0.3, -0.25) is 0 Å². The van der Waals surface area contributed by atoms with Crippen LogP contribution in [0, 0.1) is 5.92 Å². The molecule has 74 valence electrons. The summed E-state index contributed by atoms with van der Waals surface area (Å²) < 4.78 is 10.2. The average molecular weight is 185 g/mol. The molecule has 0 saturated carbocycles. The summed E-state index contributed by atoms with van der Waals surface area (Å²) in [6.07, 6.45) is 0.739. The van der Waals surface area contributed by atoms with Crippen molar-refractivity contribution in [2.45, 2.75) is 26.3 Å². The molecule has 0 rings (SSSR count). The van der Waals surface area contributed by atoms with Gasteiger partial charge in [0.1, 0.15) is 0 Å². The Morgan fingerprint density at radius 3 is 2.38 bits per heavy atom. The molecular formula is C8H16BNO3. The normalized spacial score (nSPS) is 13.0. The standard InChI is InChI=1S/C8H16BNO3/c1-6(2)4-7(8(11)12)10(3)5-9-13/h6-7H,4-5H2,1-3H3,(H,11,12)/t7-/m0/s1. The van der Waals surface area contributed by atoms with E-state index >= 15 is 0 Å². The second kappa shape index (κ2) is 5.86. The Hall–Kier alpha value is -0.705. The number of carboxylic acids is 1. The van der Waals surface area contributed by atoms with Crippen LogP contribution in [-0.4, -0.2) is 42.7 Å². The summed E-state index contributed by atoms with van der Waals surface area (Å²) in [6.45, 7) is 3.93. The first-order chi connectivity index (χ1) is 5.99. The van der Waals surface area contributed by atoms with Gasteiger partial charge < -0.3 is 0 Å². The van der Waals surface area contributed by atoms with Crippen LogP contribution < -0.4 is 0 Å². The fraction of sp³-hybridized carbons (Fsp3) is 0.875. The van der Waals surface area contributed by atoms with E-state index in [2.05, 4.69) is 0 Å². The molecule has 1 N–H and O–H groups in total. The van der Waals surface area contributed by atoms with E-state index in [0.29, 0.717) is 12.3 Å². The SMILES string of the molecule is CC(C)C[C@@H](C(=O)O)N(C)CB=O. The van der Waals surface area contributed by atoms with Gasteiger partial charge in [0.25, 0.3) is 0 Å². The second-order valence-electron chi connectivity index (χ2n) is 3.59. The van der Waals surface area contributed by atoms with Crippen molar-refractivity contribution in [3.05, 3.63) is 0 Å². The quantitative estimate of drug-likeness (QED) is 0.609. The molecule has 0 spiro atoms. The van der Waals surface area contributed by atoms with E-state index in [4.69, 9.17) is 5.11 Å². The van der Waals surface area contributed by atoms with Crippen LogP contribution in [0.25, 0.3) is 0 Å². The predicted molar refractivity (Wildman–Crippen MR) is 49.9 cm³/mol. The molecule has 0 bridgehead atoms. The van der Waals surface area contributed by atoms with Gasteiger partial charge in [-0.2, -0.15) is 0 Å². The van der Waals surface area contributed by atoms with Gasteiger partial charge >= 0.3 is 78.3 Å². The van der Waals surface area contributed by atoms with Crippen LogP contribution in [-0.2, 0) is 9.50 Å². The van der Waals surface area contributed by atoms with Crippen molar-refractivity contribution in [2.24, 2.45) is 5.92 Å². The number of likely N-dealkylation sites (N-methyl/N-ethyl adjacent to an activating group) is 1.